The first-order valence-corrected chi connectivity index (χ1v) is 9.46. The second-order valence-electron chi connectivity index (χ2n) is 6.85. The Morgan fingerprint density at radius 1 is 0.893 bits per heavy atom. The Bertz CT molecular complexity index is 848. The van der Waals surface area contributed by atoms with Crippen LogP contribution in [0.15, 0.2) is 48.5 Å². The number of benzene rings is 2. The van der Waals surface area contributed by atoms with Crippen molar-refractivity contribution in [1.82, 2.24) is 9.80 Å². The molecule has 2 aliphatic heterocycles. The van der Waals surface area contributed by atoms with Crippen molar-refractivity contribution in [2.75, 3.05) is 38.3 Å². The van der Waals surface area contributed by atoms with Crippen molar-refractivity contribution < 1.29 is 19.1 Å². The summed E-state index contributed by atoms with van der Waals surface area (Å²) < 4.78 is 10.7. The van der Waals surface area contributed by atoms with Gasteiger partial charge in [0, 0.05) is 38.3 Å². The molecule has 0 aliphatic carbocycles. The van der Waals surface area contributed by atoms with Crippen LogP contribution in [0.25, 0.3) is 0 Å². The summed E-state index contributed by atoms with van der Waals surface area (Å²) in [6, 6.07) is 15.0. The average Bonchev–Trinajstić information content (AvgIpc) is 3.21. The predicted octanol–water partition coefficient (Wildman–Crippen LogP) is 2.72. The lowest BCUT2D eigenvalue weighted by Crippen LogP contribution is -2.51. The van der Waals surface area contributed by atoms with Crippen LogP contribution in [0.1, 0.15) is 12.0 Å². The van der Waals surface area contributed by atoms with Crippen molar-refractivity contribution >= 4 is 17.6 Å². The Hall–Kier alpha value is -3.22. The molecule has 2 aliphatic rings. The molecule has 0 aromatic heterocycles. The number of aryl methyl sites for hydroxylation is 1. The molecule has 0 bridgehead atoms. The van der Waals surface area contributed by atoms with Gasteiger partial charge in [-0.15, -0.1) is 0 Å². The van der Waals surface area contributed by atoms with E-state index in [0.717, 1.165) is 22.7 Å². The summed E-state index contributed by atoms with van der Waals surface area (Å²) in [7, 11) is 0. The summed E-state index contributed by atoms with van der Waals surface area (Å²) in [4.78, 5) is 28.4. The Labute approximate surface area is 163 Å². The van der Waals surface area contributed by atoms with E-state index in [-0.39, 0.29) is 18.7 Å². The molecule has 2 aromatic carbocycles. The summed E-state index contributed by atoms with van der Waals surface area (Å²) in [5.41, 5.74) is 1.83. The number of amides is 3. The molecule has 2 heterocycles. The first-order chi connectivity index (χ1) is 13.7. The third-order valence-corrected chi connectivity index (χ3v) is 5.01. The number of fused-ring (bicyclic) bond motifs is 1. The second kappa shape index (κ2) is 8.21. The molecule has 0 radical (unpaired) electrons. The maximum absolute atomic E-state index is 12.5. The van der Waals surface area contributed by atoms with Gasteiger partial charge in [0.15, 0.2) is 11.5 Å². The molecule has 0 spiro atoms. The van der Waals surface area contributed by atoms with Gasteiger partial charge in [-0.05, 0) is 36.2 Å². The average molecular weight is 381 g/mol. The molecule has 0 atom stereocenters. The highest BCUT2D eigenvalue weighted by molar-refractivity contribution is 5.89. The first-order valence-electron chi connectivity index (χ1n) is 9.46. The number of nitrogens with one attached hydrogen (secondary N) is 1. The zero-order valence-corrected chi connectivity index (χ0v) is 15.6. The number of piperazine rings is 1. The predicted molar refractivity (Wildman–Crippen MR) is 104 cm³/mol. The topological polar surface area (TPSA) is 71.1 Å². The summed E-state index contributed by atoms with van der Waals surface area (Å²) >= 11 is 0. The summed E-state index contributed by atoms with van der Waals surface area (Å²) in [6.45, 7) is 2.44. The smallest absolute Gasteiger partial charge is 0.321 e. The minimum atomic E-state index is -0.126. The molecule has 0 saturated carbocycles. The molecule has 2 aromatic rings. The van der Waals surface area contributed by atoms with E-state index in [1.165, 1.54) is 0 Å². The monoisotopic (exact) mass is 381 g/mol. The summed E-state index contributed by atoms with van der Waals surface area (Å²) in [6.07, 6.45) is 1.10. The molecule has 146 valence electrons. The van der Waals surface area contributed by atoms with Crippen LogP contribution >= 0.6 is 0 Å². The van der Waals surface area contributed by atoms with Crippen molar-refractivity contribution in [2.45, 2.75) is 12.8 Å². The van der Waals surface area contributed by atoms with Gasteiger partial charge in [-0.1, -0.05) is 24.3 Å². The van der Waals surface area contributed by atoms with Gasteiger partial charge < -0.3 is 24.6 Å². The highest BCUT2D eigenvalue weighted by Gasteiger charge is 2.24. The van der Waals surface area contributed by atoms with Gasteiger partial charge in [-0.2, -0.15) is 0 Å². The molecule has 1 N–H and O–H groups in total. The standard InChI is InChI=1S/C21H23N3O4/c25-20(9-7-16-6-8-18-19(14-16)28-15-27-18)23-10-12-24(13-11-23)21(26)22-17-4-2-1-3-5-17/h1-6,8,14H,7,9-13,15H2,(H,22,26). The fraction of sp³-hybridized carbons (Fsp3) is 0.333. The van der Waals surface area contributed by atoms with Crippen molar-refractivity contribution in [3.8, 4) is 11.5 Å². The number of anilines is 1. The lowest BCUT2D eigenvalue weighted by Gasteiger charge is -2.34. The number of urea groups is 1. The number of rotatable bonds is 4. The maximum atomic E-state index is 12.5. The highest BCUT2D eigenvalue weighted by Crippen LogP contribution is 2.32. The van der Waals surface area contributed by atoms with Crippen LogP contribution in [0, 0.1) is 0 Å². The number of para-hydroxylation sites is 1. The number of hydrogen-bond donors (Lipinski definition) is 1. The van der Waals surface area contributed by atoms with Gasteiger partial charge in [0.2, 0.25) is 12.7 Å². The van der Waals surface area contributed by atoms with Gasteiger partial charge >= 0.3 is 6.03 Å². The van der Waals surface area contributed by atoms with Gasteiger partial charge in [0.05, 0.1) is 0 Å². The SMILES string of the molecule is O=C(CCc1ccc2c(c1)OCO2)N1CCN(C(=O)Nc2ccccc2)CC1. The van der Waals surface area contributed by atoms with Crippen molar-refractivity contribution in [3.05, 3.63) is 54.1 Å². The molecule has 7 heteroatoms. The van der Waals surface area contributed by atoms with E-state index in [4.69, 9.17) is 9.47 Å². The molecule has 1 saturated heterocycles. The third kappa shape index (κ3) is 4.19. The molecule has 7 nitrogen and oxygen atoms in total. The largest absolute Gasteiger partial charge is 0.454 e. The third-order valence-electron chi connectivity index (χ3n) is 5.01. The quantitative estimate of drug-likeness (QED) is 0.884. The van der Waals surface area contributed by atoms with Gasteiger partial charge in [0.1, 0.15) is 0 Å². The Kier molecular flexibility index (Phi) is 5.32. The summed E-state index contributed by atoms with van der Waals surface area (Å²) in [5, 5.41) is 2.88. The number of carbonyl (C=O) groups excluding carboxylic acids is 2. The van der Waals surface area contributed by atoms with Gasteiger partial charge in [-0.25, -0.2) is 4.79 Å². The Balaban J connectivity index is 1.23. The Morgan fingerprint density at radius 2 is 1.61 bits per heavy atom. The minimum absolute atomic E-state index is 0.112. The number of nitrogens with zero attached hydrogens (tertiary/aromatic N) is 2. The van der Waals surface area contributed by atoms with Crippen LogP contribution in [0.5, 0.6) is 11.5 Å². The first kappa shape index (κ1) is 18.2. The van der Waals surface area contributed by atoms with Crippen molar-refractivity contribution in [3.63, 3.8) is 0 Å². The molecule has 4 rings (SSSR count). The van der Waals surface area contributed by atoms with E-state index < -0.39 is 0 Å². The summed E-state index contributed by atoms with van der Waals surface area (Å²) in [5.74, 6) is 1.60. The second-order valence-corrected chi connectivity index (χ2v) is 6.85. The lowest BCUT2D eigenvalue weighted by molar-refractivity contribution is -0.132. The number of carbonyl (C=O) groups is 2. The van der Waals surface area contributed by atoms with E-state index in [9.17, 15) is 9.59 Å². The zero-order valence-electron chi connectivity index (χ0n) is 15.6. The van der Waals surface area contributed by atoms with Crippen LogP contribution in [0.4, 0.5) is 10.5 Å². The lowest BCUT2D eigenvalue weighted by atomic mass is 10.1. The van der Waals surface area contributed by atoms with Crippen LogP contribution in [0.3, 0.4) is 0 Å². The Morgan fingerprint density at radius 3 is 2.39 bits per heavy atom. The van der Waals surface area contributed by atoms with E-state index in [1.54, 1.807) is 4.90 Å². The van der Waals surface area contributed by atoms with E-state index >= 15 is 0 Å². The molecule has 3 amide bonds. The van der Waals surface area contributed by atoms with E-state index in [2.05, 4.69) is 5.32 Å². The number of ether oxygens (including phenoxy) is 2. The van der Waals surface area contributed by atoms with Crippen LogP contribution in [-0.4, -0.2) is 54.7 Å². The van der Waals surface area contributed by atoms with Crippen LogP contribution < -0.4 is 14.8 Å². The zero-order chi connectivity index (χ0) is 19.3. The highest BCUT2D eigenvalue weighted by atomic mass is 16.7. The van der Waals surface area contributed by atoms with Crippen molar-refractivity contribution in [2.24, 2.45) is 0 Å². The van der Waals surface area contributed by atoms with Crippen LogP contribution in [0.2, 0.25) is 0 Å². The minimum Gasteiger partial charge on any atom is -0.454 e. The fourth-order valence-corrected chi connectivity index (χ4v) is 3.39. The molecule has 28 heavy (non-hydrogen) atoms. The molecule has 0 unspecified atom stereocenters. The fourth-order valence-electron chi connectivity index (χ4n) is 3.39. The normalized spacial score (nSPS) is 15.4. The molecular weight excluding hydrogens is 358 g/mol. The van der Waals surface area contributed by atoms with Gasteiger partial charge in [-0.3, -0.25) is 4.79 Å². The molecule has 1 fully saturated rings. The van der Waals surface area contributed by atoms with Crippen LogP contribution in [-0.2, 0) is 11.2 Å². The van der Waals surface area contributed by atoms with Crippen molar-refractivity contribution in [1.29, 1.82) is 0 Å². The van der Waals surface area contributed by atoms with E-state index in [0.29, 0.717) is 39.0 Å². The van der Waals surface area contributed by atoms with Gasteiger partial charge in [0.25, 0.3) is 0 Å². The molecular formula is C21H23N3O4. The maximum Gasteiger partial charge on any atom is 0.321 e. The number of hydrogen-bond acceptors (Lipinski definition) is 4. The van der Waals surface area contributed by atoms with E-state index in [1.807, 2.05) is 53.4 Å².